The lowest BCUT2D eigenvalue weighted by molar-refractivity contribution is 0.232. The standard InChI is InChI=1S/C19H32N4O2.HI/c1-20-19(22-11-14-23-12-5-4-6-13-23)21-10-9-16-15-17(24-2)7-8-18(16)25-3;/h7-8,15H,4-6,9-14H2,1-3H3,(H2,20,21,22);1H. The minimum atomic E-state index is 0. The molecule has 0 aliphatic carbocycles. The van der Waals surface area contributed by atoms with E-state index in [2.05, 4.69) is 20.5 Å². The lowest BCUT2D eigenvalue weighted by Crippen LogP contribution is -2.43. The summed E-state index contributed by atoms with van der Waals surface area (Å²) in [5.74, 6) is 2.58. The molecule has 0 amide bonds. The van der Waals surface area contributed by atoms with E-state index in [0.717, 1.165) is 49.1 Å². The lowest BCUT2D eigenvalue weighted by atomic mass is 10.1. The van der Waals surface area contributed by atoms with E-state index in [1.807, 2.05) is 25.2 Å². The Labute approximate surface area is 174 Å². The lowest BCUT2D eigenvalue weighted by Gasteiger charge is -2.26. The van der Waals surface area contributed by atoms with Crippen LogP contribution in [0.2, 0.25) is 0 Å². The Morgan fingerprint density at radius 2 is 1.81 bits per heavy atom. The van der Waals surface area contributed by atoms with E-state index in [1.54, 1.807) is 14.2 Å². The molecule has 0 aromatic heterocycles. The molecular weight excluding hydrogens is 443 g/mol. The first-order valence-corrected chi connectivity index (χ1v) is 9.14. The van der Waals surface area contributed by atoms with Crippen molar-refractivity contribution in [2.24, 2.45) is 4.99 Å². The zero-order valence-electron chi connectivity index (χ0n) is 16.2. The highest BCUT2D eigenvalue weighted by Gasteiger charge is 2.09. The zero-order chi connectivity index (χ0) is 17.9. The van der Waals surface area contributed by atoms with Crippen molar-refractivity contribution < 1.29 is 9.47 Å². The summed E-state index contributed by atoms with van der Waals surface area (Å²) in [4.78, 5) is 6.82. The Balaban J connectivity index is 0.00000338. The molecule has 0 bridgehead atoms. The molecule has 26 heavy (non-hydrogen) atoms. The maximum absolute atomic E-state index is 5.43. The molecule has 1 fully saturated rings. The van der Waals surface area contributed by atoms with E-state index in [9.17, 15) is 0 Å². The highest BCUT2D eigenvalue weighted by Crippen LogP contribution is 2.24. The number of benzene rings is 1. The molecule has 1 aliphatic heterocycles. The Hall–Kier alpha value is -1.22. The fourth-order valence-corrected chi connectivity index (χ4v) is 3.13. The number of nitrogens with zero attached hydrogens (tertiary/aromatic N) is 2. The molecule has 1 heterocycles. The van der Waals surface area contributed by atoms with E-state index in [0.29, 0.717) is 0 Å². The molecule has 0 unspecified atom stereocenters. The molecule has 2 N–H and O–H groups in total. The molecule has 1 aromatic carbocycles. The number of likely N-dealkylation sites (tertiary alicyclic amines) is 1. The molecule has 0 radical (unpaired) electrons. The predicted molar refractivity (Wildman–Crippen MR) is 118 cm³/mol. The SMILES string of the molecule is CN=C(NCCc1cc(OC)ccc1OC)NCCN1CCCCC1.I. The number of halogens is 1. The van der Waals surface area contributed by atoms with Crippen LogP contribution in [0, 0.1) is 0 Å². The number of piperidine rings is 1. The fraction of sp³-hybridized carbons (Fsp3) is 0.632. The molecule has 1 aromatic rings. The Kier molecular flexibility index (Phi) is 11.4. The third-order valence-corrected chi connectivity index (χ3v) is 4.57. The number of guanidine groups is 1. The largest absolute Gasteiger partial charge is 0.497 e. The average Bonchev–Trinajstić information content (AvgIpc) is 2.67. The van der Waals surface area contributed by atoms with E-state index >= 15 is 0 Å². The van der Waals surface area contributed by atoms with Gasteiger partial charge in [0, 0.05) is 26.7 Å². The van der Waals surface area contributed by atoms with Crippen LogP contribution in [0.5, 0.6) is 11.5 Å². The van der Waals surface area contributed by atoms with Crippen LogP contribution in [-0.4, -0.2) is 64.9 Å². The molecule has 1 aliphatic rings. The maximum atomic E-state index is 5.43. The normalized spacial score (nSPS) is 15.1. The van der Waals surface area contributed by atoms with Crippen molar-refractivity contribution in [2.45, 2.75) is 25.7 Å². The summed E-state index contributed by atoms with van der Waals surface area (Å²) in [5, 5.41) is 6.76. The van der Waals surface area contributed by atoms with Crippen LogP contribution in [0.1, 0.15) is 24.8 Å². The number of hydrogen-bond donors (Lipinski definition) is 2. The van der Waals surface area contributed by atoms with Crippen LogP contribution in [0.3, 0.4) is 0 Å². The molecule has 2 rings (SSSR count). The number of ether oxygens (including phenoxy) is 2. The zero-order valence-corrected chi connectivity index (χ0v) is 18.5. The van der Waals surface area contributed by atoms with Gasteiger partial charge < -0.3 is 25.0 Å². The van der Waals surface area contributed by atoms with Gasteiger partial charge in [-0.3, -0.25) is 4.99 Å². The topological polar surface area (TPSA) is 58.1 Å². The van der Waals surface area contributed by atoms with Crippen molar-refractivity contribution in [2.75, 3.05) is 54.0 Å². The Morgan fingerprint density at radius 3 is 2.46 bits per heavy atom. The van der Waals surface area contributed by atoms with Crippen molar-refractivity contribution in [1.29, 1.82) is 0 Å². The van der Waals surface area contributed by atoms with Gasteiger partial charge in [-0.1, -0.05) is 6.42 Å². The Morgan fingerprint density at radius 1 is 1.08 bits per heavy atom. The number of rotatable bonds is 8. The number of methoxy groups -OCH3 is 2. The summed E-state index contributed by atoms with van der Waals surface area (Å²) in [6, 6.07) is 5.88. The summed E-state index contributed by atoms with van der Waals surface area (Å²) >= 11 is 0. The molecule has 148 valence electrons. The van der Waals surface area contributed by atoms with Gasteiger partial charge in [0.05, 0.1) is 14.2 Å². The summed E-state index contributed by atoms with van der Waals surface area (Å²) < 4.78 is 10.7. The minimum Gasteiger partial charge on any atom is -0.497 e. The monoisotopic (exact) mass is 476 g/mol. The number of nitrogens with one attached hydrogen (secondary N) is 2. The third-order valence-electron chi connectivity index (χ3n) is 4.57. The van der Waals surface area contributed by atoms with Gasteiger partial charge in [0.15, 0.2) is 5.96 Å². The van der Waals surface area contributed by atoms with Crippen LogP contribution in [0.15, 0.2) is 23.2 Å². The summed E-state index contributed by atoms with van der Waals surface area (Å²) in [7, 11) is 5.18. The second kappa shape index (κ2) is 13.0. The van der Waals surface area contributed by atoms with Crippen molar-refractivity contribution in [1.82, 2.24) is 15.5 Å². The second-order valence-corrected chi connectivity index (χ2v) is 6.26. The van der Waals surface area contributed by atoms with Gasteiger partial charge in [0.2, 0.25) is 0 Å². The van der Waals surface area contributed by atoms with Gasteiger partial charge in [-0.25, -0.2) is 0 Å². The molecule has 0 spiro atoms. The Bertz CT molecular complexity index is 548. The first-order chi connectivity index (χ1) is 12.3. The van der Waals surface area contributed by atoms with Gasteiger partial charge >= 0.3 is 0 Å². The van der Waals surface area contributed by atoms with Gasteiger partial charge in [-0.2, -0.15) is 0 Å². The summed E-state index contributed by atoms with van der Waals surface area (Å²) in [5.41, 5.74) is 1.12. The molecule has 0 atom stereocenters. The first kappa shape index (κ1) is 22.8. The molecule has 0 saturated carbocycles. The first-order valence-electron chi connectivity index (χ1n) is 9.14. The van der Waals surface area contributed by atoms with Gasteiger partial charge in [-0.05, 0) is 56.1 Å². The minimum absolute atomic E-state index is 0. The van der Waals surface area contributed by atoms with Gasteiger partial charge in [0.25, 0.3) is 0 Å². The smallest absolute Gasteiger partial charge is 0.191 e. The summed E-state index contributed by atoms with van der Waals surface area (Å²) in [6.07, 6.45) is 4.87. The predicted octanol–water partition coefficient (Wildman–Crippen LogP) is 2.52. The van der Waals surface area contributed by atoms with Crippen molar-refractivity contribution in [3.63, 3.8) is 0 Å². The number of aliphatic imine (C=N–C) groups is 1. The van der Waals surface area contributed by atoms with Crippen molar-refractivity contribution in [3.05, 3.63) is 23.8 Å². The average molecular weight is 476 g/mol. The van der Waals surface area contributed by atoms with Crippen molar-refractivity contribution >= 4 is 29.9 Å². The third kappa shape index (κ3) is 7.57. The van der Waals surface area contributed by atoms with Gasteiger partial charge in [0.1, 0.15) is 11.5 Å². The molecule has 6 nitrogen and oxygen atoms in total. The number of hydrogen-bond acceptors (Lipinski definition) is 4. The van der Waals surface area contributed by atoms with Crippen LogP contribution >= 0.6 is 24.0 Å². The molecular formula is C19H33IN4O2. The van der Waals surface area contributed by atoms with E-state index in [1.165, 1.54) is 32.4 Å². The molecule has 7 heteroatoms. The highest BCUT2D eigenvalue weighted by atomic mass is 127. The van der Waals surface area contributed by atoms with Crippen LogP contribution < -0.4 is 20.1 Å². The van der Waals surface area contributed by atoms with Crippen LogP contribution in [0.25, 0.3) is 0 Å². The highest BCUT2D eigenvalue weighted by molar-refractivity contribution is 14.0. The van der Waals surface area contributed by atoms with Gasteiger partial charge in [-0.15, -0.1) is 24.0 Å². The fourth-order valence-electron chi connectivity index (χ4n) is 3.13. The van der Waals surface area contributed by atoms with E-state index in [-0.39, 0.29) is 24.0 Å². The second-order valence-electron chi connectivity index (χ2n) is 6.26. The van der Waals surface area contributed by atoms with E-state index < -0.39 is 0 Å². The van der Waals surface area contributed by atoms with E-state index in [4.69, 9.17) is 9.47 Å². The maximum Gasteiger partial charge on any atom is 0.191 e. The van der Waals surface area contributed by atoms with Crippen molar-refractivity contribution in [3.8, 4) is 11.5 Å². The summed E-state index contributed by atoms with van der Waals surface area (Å²) in [6.45, 7) is 5.23. The van der Waals surface area contributed by atoms with Crippen LogP contribution in [0.4, 0.5) is 0 Å². The molecule has 1 saturated heterocycles. The quantitative estimate of drug-likeness (QED) is 0.343. The van der Waals surface area contributed by atoms with Crippen LogP contribution in [-0.2, 0) is 6.42 Å².